The summed E-state index contributed by atoms with van der Waals surface area (Å²) in [6.45, 7) is 0. The lowest BCUT2D eigenvalue weighted by molar-refractivity contribution is -0.130. The van der Waals surface area contributed by atoms with E-state index in [1.54, 1.807) is 0 Å². The highest BCUT2D eigenvalue weighted by molar-refractivity contribution is 6.34. The summed E-state index contributed by atoms with van der Waals surface area (Å²) >= 11 is 5.30. The monoisotopic (exact) mass is 184 g/mol. The highest BCUT2D eigenvalue weighted by Gasteiger charge is 2.09. The topological polar surface area (TPSA) is 63.1 Å². The van der Waals surface area contributed by atoms with Crippen LogP contribution in [0, 0.1) is 0 Å². The van der Waals surface area contributed by atoms with Gasteiger partial charge in [-0.05, 0) is 0 Å². The van der Waals surface area contributed by atoms with Crippen LogP contribution in [0.25, 0.3) is 5.57 Å². The van der Waals surface area contributed by atoms with Gasteiger partial charge in [-0.2, -0.15) is 0 Å². The summed E-state index contributed by atoms with van der Waals surface area (Å²) in [5, 5.41) is 8.62. The normalized spacial score (nSPS) is 11.2. The molecule has 1 N–H and O–H groups in total. The second-order valence-electron chi connectivity index (χ2n) is 1.96. The highest BCUT2D eigenvalue weighted by Crippen LogP contribution is 2.12. The van der Waals surface area contributed by atoms with E-state index >= 15 is 0 Å². The summed E-state index contributed by atoms with van der Waals surface area (Å²) < 4.78 is 0. The second kappa shape index (κ2) is 3.82. The summed E-state index contributed by atoms with van der Waals surface area (Å²) in [6, 6.07) is 0. The smallest absolute Gasteiger partial charge is 0.337 e. The summed E-state index contributed by atoms with van der Waals surface area (Å²) in [4.78, 5) is 17.8. The third kappa shape index (κ3) is 1.79. The molecule has 1 aromatic rings. The molecule has 0 aliphatic carbocycles. The van der Waals surface area contributed by atoms with E-state index in [1.807, 2.05) is 0 Å². The van der Waals surface area contributed by atoms with Gasteiger partial charge in [-0.1, -0.05) is 11.6 Å². The summed E-state index contributed by atoms with van der Waals surface area (Å²) in [6.07, 6.45) is 4.09. The van der Waals surface area contributed by atoms with Gasteiger partial charge in [-0.3, -0.25) is 0 Å². The van der Waals surface area contributed by atoms with Gasteiger partial charge >= 0.3 is 5.97 Å². The molecule has 12 heavy (non-hydrogen) atoms. The van der Waals surface area contributed by atoms with Crippen LogP contribution in [-0.4, -0.2) is 21.0 Å². The maximum absolute atomic E-state index is 10.5. The Kier molecular flexibility index (Phi) is 2.76. The molecule has 1 rings (SSSR count). The number of halogens is 1. The molecule has 5 heteroatoms. The molecule has 0 spiro atoms. The first-order chi connectivity index (χ1) is 5.75. The minimum absolute atomic E-state index is 0.0164. The van der Waals surface area contributed by atoms with Crippen molar-refractivity contribution in [1.82, 2.24) is 9.97 Å². The van der Waals surface area contributed by atoms with E-state index in [0.717, 1.165) is 5.54 Å². The van der Waals surface area contributed by atoms with Crippen LogP contribution in [0.5, 0.6) is 0 Å². The van der Waals surface area contributed by atoms with Crippen molar-refractivity contribution in [2.24, 2.45) is 0 Å². The Morgan fingerprint density at radius 2 is 2.08 bits per heavy atom. The van der Waals surface area contributed by atoms with Crippen molar-refractivity contribution >= 4 is 23.1 Å². The number of nitrogens with zero attached hydrogens (tertiary/aromatic N) is 2. The molecule has 0 radical (unpaired) electrons. The van der Waals surface area contributed by atoms with Crippen molar-refractivity contribution in [2.75, 3.05) is 0 Å². The molecule has 0 aliphatic rings. The Morgan fingerprint density at radius 1 is 1.50 bits per heavy atom. The Labute approximate surface area is 73.5 Å². The lowest BCUT2D eigenvalue weighted by Crippen LogP contribution is -1.99. The first-order valence-electron chi connectivity index (χ1n) is 3.04. The van der Waals surface area contributed by atoms with Crippen molar-refractivity contribution in [3.05, 3.63) is 29.8 Å². The molecular formula is C7H5ClN2O2. The van der Waals surface area contributed by atoms with Gasteiger partial charge in [-0.15, -0.1) is 0 Å². The van der Waals surface area contributed by atoms with E-state index < -0.39 is 5.97 Å². The van der Waals surface area contributed by atoms with Crippen LogP contribution in [0.15, 0.2) is 24.3 Å². The fraction of sp³-hybridized carbons (Fsp3) is 0. The first kappa shape index (κ1) is 8.67. The molecule has 0 aromatic carbocycles. The van der Waals surface area contributed by atoms with Crippen molar-refractivity contribution < 1.29 is 9.90 Å². The van der Waals surface area contributed by atoms with Gasteiger partial charge < -0.3 is 5.11 Å². The molecule has 0 saturated carbocycles. The molecule has 0 amide bonds. The molecule has 1 heterocycles. The van der Waals surface area contributed by atoms with E-state index in [2.05, 4.69) is 9.97 Å². The zero-order chi connectivity index (χ0) is 8.97. The van der Waals surface area contributed by atoms with Gasteiger partial charge in [-0.25, -0.2) is 14.8 Å². The third-order valence-electron chi connectivity index (χ3n) is 1.21. The van der Waals surface area contributed by atoms with Crippen LogP contribution in [0.4, 0.5) is 0 Å². The predicted octanol–water partition coefficient (Wildman–Crippen LogP) is 1.14. The van der Waals surface area contributed by atoms with Crippen molar-refractivity contribution in [2.45, 2.75) is 0 Å². The van der Waals surface area contributed by atoms with Crippen molar-refractivity contribution in [3.63, 3.8) is 0 Å². The minimum Gasteiger partial charge on any atom is -0.478 e. The van der Waals surface area contributed by atoms with Gasteiger partial charge in [0, 0.05) is 23.5 Å². The quantitative estimate of drug-likeness (QED) is 0.701. The number of rotatable bonds is 2. The van der Waals surface area contributed by atoms with Gasteiger partial charge in [0.2, 0.25) is 0 Å². The fourth-order valence-electron chi connectivity index (χ4n) is 0.671. The molecule has 1 aromatic heterocycles. The number of carboxylic acid groups (broad SMARTS) is 1. The number of hydrogen-bond acceptors (Lipinski definition) is 3. The Hall–Kier alpha value is -1.42. The molecule has 0 bridgehead atoms. The van der Waals surface area contributed by atoms with E-state index in [9.17, 15) is 4.79 Å². The van der Waals surface area contributed by atoms with Crippen molar-refractivity contribution in [3.8, 4) is 0 Å². The van der Waals surface area contributed by atoms with E-state index in [0.29, 0.717) is 5.56 Å². The molecule has 0 aliphatic heterocycles. The SMILES string of the molecule is O=C(O)C(=CCl)c1cncnc1. The maximum atomic E-state index is 10.5. The number of aliphatic carboxylic acids is 1. The largest absolute Gasteiger partial charge is 0.478 e. The number of aromatic nitrogens is 2. The maximum Gasteiger partial charge on any atom is 0.337 e. The Balaban J connectivity index is 3.05. The highest BCUT2D eigenvalue weighted by atomic mass is 35.5. The van der Waals surface area contributed by atoms with E-state index in [4.69, 9.17) is 16.7 Å². The van der Waals surface area contributed by atoms with Crippen LogP contribution in [0.1, 0.15) is 5.56 Å². The van der Waals surface area contributed by atoms with Crippen LogP contribution >= 0.6 is 11.6 Å². The van der Waals surface area contributed by atoms with Gasteiger partial charge in [0.05, 0.1) is 5.57 Å². The lowest BCUT2D eigenvalue weighted by atomic mass is 10.2. The van der Waals surface area contributed by atoms with Gasteiger partial charge in [0.15, 0.2) is 0 Å². The van der Waals surface area contributed by atoms with E-state index in [-0.39, 0.29) is 5.57 Å². The Bertz CT molecular complexity index is 310. The molecule has 0 atom stereocenters. The standard InChI is InChI=1S/C7H5ClN2O2/c8-1-6(7(11)12)5-2-9-4-10-3-5/h1-4H,(H,11,12). The second-order valence-corrected chi connectivity index (χ2v) is 2.17. The molecule has 0 fully saturated rings. The summed E-state index contributed by atoms with van der Waals surface area (Å²) in [5.41, 5.74) is 1.36. The average Bonchev–Trinajstić information content (AvgIpc) is 2.07. The van der Waals surface area contributed by atoms with Gasteiger partial charge in [0.1, 0.15) is 6.33 Å². The van der Waals surface area contributed by atoms with Crippen molar-refractivity contribution in [1.29, 1.82) is 0 Å². The summed E-state index contributed by atoms with van der Waals surface area (Å²) in [5.74, 6) is -1.10. The molecule has 62 valence electrons. The Morgan fingerprint density at radius 3 is 2.50 bits per heavy atom. The third-order valence-corrected chi connectivity index (χ3v) is 1.43. The van der Waals surface area contributed by atoms with Crippen LogP contribution in [0.2, 0.25) is 0 Å². The number of carboxylic acids is 1. The van der Waals surface area contributed by atoms with Crippen LogP contribution in [-0.2, 0) is 4.79 Å². The van der Waals surface area contributed by atoms with E-state index in [1.165, 1.54) is 18.7 Å². The lowest BCUT2D eigenvalue weighted by Gasteiger charge is -1.97. The zero-order valence-corrected chi connectivity index (χ0v) is 6.69. The predicted molar refractivity (Wildman–Crippen MR) is 43.5 cm³/mol. The zero-order valence-electron chi connectivity index (χ0n) is 5.94. The molecule has 4 nitrogen and oxygen atoms in total. The number of hydrogen-bond donors (Lipinski definition) is 1. The van der Waals surface area contributed by atoms with Crippen LogP contribution < -0.4 is 0 Å². The average molecular weight is 185 g/mol. The van der Waals surface area contributed by atoms with Crippen LogP contribution in [0.3, 0.4) is 0 Å². The first-order valence-corrected chi connectivity index (χ1v) is 3.48. The fourth-order valence-corrected chi connectivity index (χ4v) is 0.891. The minimum atomic E-state index is -1.10. The molecule has 0 unspecified atom stereocenters. The molecule has 0 saturated heterocycles. The van der Waals surface area contributed by atoms with Gasteiger partial charge in [0.25, 0.3) is 0 Å². The summed E-state index contributed by atoms with van der Waals surface area (Å²) in [7, 11) is 0. The molecular weight excluding hydrogens is 180 g/mol. The number of carbonyl (C=O) groups is 1.